The lowest BCUT2D eigenvalue weighted by molar-refractivity contribution is -0.136. The molecule has 0 saturated heterocycles. The zero-order valence-corrected chi connectivity index (χ0v) is 29.1. The van der Waals surface area contributed by atoms with Crippen molar-refractivity contribution in [2.75, 3.05) is 13.1 Å². The quantitative estimate of drug-likeness (QED) is 0.199. The number of hydrogen-bond acceptors (Lipinski definition) is 9. The Labute approximate surface area is 275 Å². The van der Waals surface area contributed by atoms with Crippen LogP contribution in [0.2, 0.25) is 0 Å². The SMILES string of the molecule is Cc1nc(COc2ccc(C[C@H](NC(=O)OC(C)(C)C)[C@H](O)CN(CC(C)C)S(=O)(=O)c3ccc(CC(=O)O)c(C)c3)cc2)cs1. The number of carbonyl (C=O) groups is 2. The van der Waals surface area contributed by atoms with Crippen LogP contribution in [0, 0.1) is 19.8 Å². The van der Waals surface area contributed by atoms with Crippen LogP contribution in [-0.2, 0) is 39.0 Å². The minimum absolute atomic E-state index is 0.00737. The van der Waals surface area contributed by atoms with Crippen molar-refractivity contribution in [2.45, 2.75) is 90.6 Å². The standard InChI is InChI=1S/C33H45N3O8S2/c1-21(2)17-36(46(41,42)28-13-10-25(16-31(38)39)22(3)14-28)18-30(37)29(35-32(40)44-33(5,6)7)15-24-8-11-27(12-9-24)43-19-26-20-45-23(4)34-26/h8-14,20-21,29-30,37H,15-19H2,1-7H3,(H,35,40)(H,38,39)/t29-,30+/m0/s1. The summed E-state index contributed by atoms with van der Waals surface area (Å²) in [5, 5.41) is 26.3. The second-order valence-corrected chi connectivity index (χ2v) is 15.7. The molecule has 0 unspecified atom stereocenters. The molecule has 46 heavy (non-hydrogen) atoms. The number of sulfonamides is 1. The number of aliphatic hydroxyl groups excluding tert-OH is 1. The number of alkyl carbamates (subject to hydrolysis) is 1. The Morgan fingerprint density at radius 1 is 1.07 bits per heavy atom. The van der Waals surface area contributed by atoms with Crippen LogP contribution in [0.5, 0.6) is 5.75 Å². The van der Waals surface area contributed by atoms with Gasteiger partial charge in [0.05, 0.1) is 34.2 Å². The molecule has 3 rings (SSSR count). The molecule has 0 bridgehead atoms. The van der Waals surface area contributed by atoms with E-state index in [1.807, 2.05) is 38.3 Å². The number of rotatable bonds is 15. The molecule has 2 aromatic carbocycles. The van der Waals surface area contributed by atoms with Crippen molar-refractivity contribution < 1.29 is 37.7 Å². The Kier molecular flexibility index (Phi) is 12.7. The number of nitrogens with one attached hydrogen (secondary N) is 1. The van der Waals surface area contributed by atoms with Crippen molar-refractivity contribution in [3.8, 4) is 5.75 Å². The van der Waals surface area contributed by atoms with E-state index in [1.54, 1.807) is 51.2 Å². The molecule has 1 aromatic heterocycles. The predicted octanol–water partition coefficient (Wildman–Crippen LogP) is 5.11. The summed E-state index contributed by atoms with van der Waals surface area (Å²) in [6.07, 6.45) is -2.09. The highest BCUT2D eigenvalue weighted by atomic mass is 32.2. The number of aryl methyl sites for hydroxylation is 2. The number of nitrogens with zero attached hydrogens (tertiary/aromatic N) is 2. The van der Waals surface area contributed by atoms with Gasteiger partial charge in [-0.3, -0.25) is 4.79 Å². The molecule has 11 nitrogen and oxygen atoms in total. The number of carbonyl (C=O) groups excluding carboxylic acids is 1. The number of ether oxygens (including phenoxy) is 2. The molecule has 13 heteroatoms. The summed E-state index contributed by atoms with van der Waals surface area (Å²) >= 11 is 1.55. The van der Waals surface area contributed by atoms with Gasteiger partial charge in [-0.05, 0) is 87.9 Å². The molecular formula is C33H45N3O8S2. The molecule has 0 aliphatic carbocycles. The van der Waals surface area contributed by atoms with Gasteiger partial charge in [0, 0.05) is 18.5 Å². The van der Waals surface area contributed by atoms with Gasteiger partial charge < -0.3 is 25.0 Å². The maximum atomic E-state index is 13.9. The molecule has 1 heterocycles. The normalized spacial score (nSPS) is 13.4. The van der Waals surface area contributed by atoms with Gasteiger partial charge in [0.15, 0.2) is 0 Å². The molecule has 0 radical (unpaired) electrons. The van der Waals surface area contributed by atoms with E-state index < -0.39 is 39.8 Å². The summed E-state index contributed by atoms with van der Waals surface area (Å²) in [5.41, 5.74) is 1.88. The molecule has 3 N–H and O–H groups in total. The fourth-order valence-electron chi connectivity index (χ4n) is 4.70. The van der Waals surface area contributed by atoms with Crippen LogP contribution in [0.25, 0.3) is 0 Å². The van der Waals surface area contributed by atoms with Gasteiger partial charge in [-0.25, -0.2) is 18.2 Å². The highest BCUT2D eigenvalue weighted by molar-refractivity contribution is 7.89. The Morgan fingerprint density at radius 3 is 2.28 bits per heavy atom. The van der Waals surface area contributed by atoms with Gasteiger partial charge in [-0.1, -0.05) is 32.0 Å². The number of hydrogen-bond donors (Lipinski definition) is 3. The van der Waals surface area contributed by atoms with E-state index in [-0.39, 0.29) is 36.7 Å². The average molecular weight is 676 g/mol. The molecule has 2 atom stereocenters. The van der Waals surface area contributed by atoms with Crippen LogP contribution in [0.15, 0.2) is 52.7 Å². The van der Waals surface area contributed by atoms with Crippen molar-refractivity contribution in [2.24, 2.45) is 5.92 Å². The third-order valence-corrected chi connectivity index (χ3v) is 9.50. The first-order chi connectivity index (χ1) is 21.4. The van der Waals surface area contributed by atoms with E-state index in [9.17, 15) is 23.1 Å². The predicted molar refractivity (Wildman–Crippen MR) is 177 cm³/mol. The second-order valence-electron chi connectivity index (χ2n) is 12.7. The molecule has 0 aliphatic heterocycles. The van der Waals surface area contributed by atoms with E-state index in [1.165, 1.54) is 22.5 Å². The Morgan fingerprint density at radius 2 is 1.74 bits per heavy atom. The first-order valence-electron chi connectivity index (χ1n) is 15.0. The van der Waals surface area contributed by atoms with Crippen molar-refractivity contribution in [3.63, 3.8) is 0 Å². The molecular weight excluding hydrogens is 631 g/mol. The minimum atomic E-state index is -4.09. The lowest BCUT2D eigenvalue weighted by Crippen LogP contribution is -2.52. The lowest BCUT2D eigenvalue weighted by atomic mass is 10.0. The van der Waals surface area contributed by atoms with Gasteiger partial charge >= 0.3 is 12.1 Å². The monoisotopic (exact) mass is 675 g/mol. The zero-order valence-electron chi connectivity index (χ0n) is 27.4. The maximum absolute atomic E-state index is 13.9. The highest BCUT2D eigenvalue weighted by Crippen LogP contribution is 2.23. The number of aliphatic carboxylic acids is 1. The topological polar surface area (TPSA) is 155 Å². The Balaban J connectivity index is 1.83. The van der Waals surface area contributed by atoms with Crippen molar-refractivity contribution >= 4 is 33.4 Å². The smallest absolute Gasteiger partial charge is 0.407 e. The first-order valence-corrected chi connectivity index (χ1v) is 17.4. The van der Waals surface area contributed by atoms with E-state index >= 15 is 0 Å². The summed E-state index contributed by atoms with van der Waals surface area (Å²) in [6, 6.07) is 10.7. The van der Waals surface area contributed by atoms with E-state index in [2.05, 4.69) is 10.3 Å². The maximum Gasteiger partial charge on any atom is 0.407 e. The Bertz CT molecular complexity index is 1580. The van der Waals surface area contributed by atoms with Crippen LogP contribution >= 0.6 is 11.3 Å². The number of amides is 1. The van der Waals surface area contributed by atoms with Gasteiger partial charge in [0.1, 0.15) is 18.0 Å². The van der Waals surface area contributed by atoms with Crippen LogP contribution in [0.4, 0.5) is 4.79 Å². The molecule has 0 fully saturated rings. The van der Waals surface area contributed by atoms with E-state index in [0.717, 1.165) is 16.3 Å². The summed E-state index contributed by atoms with van der Waals surface area (Å²) in [6.45, 7) is 12.6. The summed E-state index contributed by atoms with van der Waals surface area (Å²) in [7, 11) is -4.09. The first kappa shape index (κ1) is 36.9. The third kappa shape index (κ3) is 11.4. The number of carboxylic acid groups (broad SMARTS) is 1. The van der Waals surface area contributed by atoms with Gasteiger partial charge in [0.25, 0.3) is 0 Å². The summed E-state index contributed by atoms with van der Waals surface area (Å²) in [4.78, 5) is 28.4. The van der Waals surface area contributed by atoms with Crippen molar-refractivity contribution in [1.82, 2.24) is 14.6 Å². The minimum Gasteiger partial charge on any atom is -0.487 e. The number of thiazole rings is 1. The summed E-state index contributed by atoms with van der Waals surface area (Å²) in [5.74, 6) is -0.461. The van der Waals surface area contributed by atoms with Crippen molar-refractivity contribution in [1.29, 1.82) is 0 Å². The fraction of sp³-hybridized carbons (Fsp3) is 0.485. The van der Waals surface area contributed by atoms with Crippen LogP contribution < -0.4 is 10.1 Å². The number of benzene rings is 2. The van der Waals surface area contributed by atoms with Gasteiger partial charge in [-0.2, -0.15) is 4.31 Å². The van der Waals surface area contributed by atoms with Gasteiger partial charge in [-0.15, -0.1) is 11.3 Å². The zero-order chi connectivity index (χ0) is 34.2. The average Bonchev–Trinajstić information content (AvgIpc) is 3.36. The van der Waals surface area contributed by atoms with Crippen LogP contribution in [0.3, 0.4) is 0 Å². The van der Waals surface area contributed by atoms with Crippen LogP contribution in [0.1, 0.15) is 62.0 Å². The van der Waals surface area contributed by atoms with Crippen LogP contribution in [-0.4, -0.2) is 70.8 Å². The number of carboxylic acids is 1. The lowest BCUT2D eigenvalue weighted by Gasteiger charge is -2.31. The van der Waals surface area contributed by atoms with E-state index in [0.29, 0.717) is 23.5 Å². The highest BCUT2D eigenvalue weighted by Gasteiger charge is 2.32. The van der Waals surface area contributed by atoms with Gasteiger partial charge in [0.2, 0.25) is 10.0 Å². The summed E-state index contributed by atoms with van der Waals surface area (Å²) < 4.78 is 40.2. The largest absolute Gasteiger partial charge is 0.487 e. The molecule has 0 aliphatic rings. The number of aliphatic hydroxyl groups is 1. The van der Waals surface area contributed by atoms with E-state index in [4.69, 9.17) is 14.6 Å². The molecule has 3 aromatic rings. The molecule has 252 valence electrons. The second kappa shape index (κ2) is 15.9. The number of aromatic nitrogens is 1. The molecule has 0 spiro atoms. The van der Waals surface area contributed by atoms with Crippen molar-refractivity contribution in [3.05, 3.63) is 75.2 Å². The third-order valence-electron chi connectivity index (χ3n) is 6.85. The molecule has 1 amide bonds. The fourth-order valence-corrected chi connectivity index (χ4v) is 7.01. The Hall–Kier alpha value is -3.52. The molecule has 0 saturated carbocycles.